The van der Waals surface area contributed by atoms with Crippen LogP contribution in [0.2, 0.25) is 0 Å². The molecular weight excluding hydrogens is 288 g/mol. The molecule has 1 aromatic rings. The van der Waals surface area contributed by atoms with E-state index in [9.17, 15) is 13.5 Å². The zero-order valence-corrected chi connectivity index (χ0v) is 13.9. The summed E-state index contributed by atoms with van der Waals surface area (Å²) in [7, 11) is -3.46. The van der Waals surface area contributed by atoms with Gasteiger partial charge in [-0.25, -0.2) is 8.42 Å². The van der Waals surface area contributed by atoms with Gasteiger partial charge in [-0.05, 0) is 45.1 Å². The maximum Gasteiger partial charge on any atom is 0.244 e. The summed E-state index contributed by atoms with van der Waals surface area (Å²) < 4.78 is 29.1. The van der Waals surface area contributed by atoms with Crippen molar-refractivity contribution in [2.75, 3.05) is 13.1 Å². The van der Waals surface area contributed by atoms with Gasteiger partial charge in [-0.2, -0.15) is 4.31 Å². The lowest BCUT2D eigenvalue weighted by Crippen LogP contribution is -2.33. The Morgan fingerprint density at radius 3 is 2.52 bits per heavy atom. The van der Waals surface area contributed by atoms with Crippen LogP contribution in [-0.4, -0.2) is 35.5 Å². The van der Waals surface area contributed by atoms with Gasteiger partial charge in [0.1, 0.15) is 4.90 Å². The highest BCUT2D eigenvalue weighted by Gasteiger charge is 2.32. The standard InChI is InChI=1S/C15H26N2O3S/c1-4-7-16(9-13-5-6-13)21(19,20)15-8-14(11-18)17(10-15)12(2)3/h8,10,12-13,18H,4-7,9,11H2,1-3H3. The Hall–Kier alpha value is -0.850. The second-order valence-electron chi connectivity index (χ2n) is 6.13. The van der Waals surface area contributed by atoms with Crippen LogP contribution >= 0.6 is 0 Å². The maximum absolute atomic E-state index is 12.8. The van der Waals surface area contributed by atoms with Gasteiger partial charge in [0.15, 0.2) is 0 Å². The van der Waals surface area contributed by atoms with Crippen molar-refractivity contribution in [2.24, 2.45) is 5.92 Å². The van der Waals surface area contributed by atoms with Crippen LogP contribution in [0.5, 0.6) is 0 Å². The molecule has 1 N–H and O–H groups in total. The number of nitrogens with zero attached hydrogens (tertiary/aromatic N) is 2. The second-order valence-corrected chi connectivity index (χ2v) is 8.07. The van der Waals surface area contributed by atoms with Crippen LogP contribution in [0.15, 0.2) is 17.2 Å². The van der Waals surface area contributed by atoms with E-state index in [1.807, 2.05) is 25.3 Å². The topological polar surface area (TPSA) is 62.5 Å². The molecule has 0 aliphatic heterocycles. The van der Waals surface area contributed by atoms with Crippen LogP contribution in [-0.2, 0) is 16.6 Å². The van der Waals surface area contributed by atoms with Crippen molar-refractivity contribution in [3.63, 3.8) is 0 Å². The van der Waals surface area contributed by atoms with Crippen molar-refractivity contribution in [2.45, 2.75) is 57.6 Å². The predicted molar refractivity (Wildman–Crippen MR) is 82.5 cm³/mol. The van der Waals surface area contributed by atoms with E-state index in [0.717, 1.165) is 19.3 Å². The minimum atomic E-state index is -3.46. The van der Waals surface area contributed by atoms with Gasteiger partial charge in [0.05, 0.1) is 6.61 Å². The summed E-state index contributed by atoms with van der Waals surface area (Å²) in [5.74, 6) is 0.524. The number of hydrogen-bond acceptors (Lipinski definition) is 3. The van der Waals surface area contributed by atoms with Crippen LogP contribution in [0.1, 0.15) is 51.8 Å². The molecule has 5 nitrogen and oxygen atoms in total. The molecule has 0 atom stereocenters. The first-order valence-corrected chi connectivity index (χ1v) is 9.15. The lowest BCUT2D eigenvalue weighted by Gasteiger charge is -2.20. The van der Waals surface area contributed by atoms with E-state index in [0.29, 0.717) is 29.6 Å². The molecule has 1 aliphatic carbocycles. The number of aliphatic hydroxyl groups is 1. The largest absolute Gasteiger partial charge is 0.390 e. The smallest absolute Gasteiger partial charge is 0.244 e. The Balaban J connectivity index is 2.31. The highest BCUT2D eigenvalue weighted by atomic mass is 32.2. The van der Waals surface area contributed by atoms with Crippen LogP contribution in [0.4, 0.5) is 0 Å². The number of hydrogen-bond donors (Lipinski definition) is 1. The van der Waals surface area contributed by atoms with E-state index in [4.69, 9.17) is 0 Å². The molecule has 0 aromatic carbocycles. The Bertz CT molecular complexity index is 574. The summed E-state index contributed by atoms with van der Waals surface area (Å²) in [6, 6.07) is 1.73. The van der Waals surface area contributed by atoms with Crippen molar-refractivity contribution < 1.29 is 13.5 Å². The van der Waals surface area contributed by atoms with E-state index in [2.05, 4.69) is 0 Å². The number of aliphatic hydroxyl groups excluding tert-OH is 1. The third kappa shape index (κ3) is 3.67. The van der Waals surface area contributed by atoms with Crippen molar-refractivity contribution in [3.05, 3.63) is 18.0 Å². The summed E-state index contributed by atoms with van der Waals surface area (Å²) in [5, 5.41) is 9.41. The molecule has 0 bridgehead atoms. The first-order valence-electron chi connectivity index (χ1n) is 7.71. The van der Waals surface area contributed by atoms with E-state index in [1.54, 1.807) is 16.6 Å². The van der Waals surface area contributed by atoms with Crippen molar-refractivity contribution in [3.8, 4) is 0 Å². The zero-order chi connectivity index (χ0) is 15.6. The predicted octanol–water partition coefficient (Wildman–Crippen LogP) is 2.37. The third-order valence-electron chi connectivity index (χ3n) is 3.89. The summed E-state index contributed by atoms with van der Waals surface area (Å²) in [4.78, 5) is 0.300. The van der Waals surface area contributed by atoms with Crippen LogP contribution in [0, 0.1) is 5.92 Å². The van der Waals surface area contributed by atoms with Gasteiger partial charge in [-0.3, -0.25) is 0 Å². The molecule has 1 aromatic heterocycles. The molecule has 0 spiro atoms. The van der Waals surface area contributed by atoms with E-state index in [1.165, 1.54) is 0 Å². The molecule has 1 heterocycles. The van der Waals surface area contributed by atoms with Crippen LogP contribution < -0.4 is 0 Å². The minimum absolute atomic E-state index is 0.124. The maximum atomic E-state index is 12.8. The molecule has 1 aliphatic rings. The fraction of sp³-hybridized carbons (Fsp3) is 0.733. The lowest BCUT2D eigenvalue weighted by molar-refractivity contribution is 0.268. The summed E-state index contributed by atoms with van der Waals surface area (Å²) in [6.45, 7) is 6.97. The molecule has 1 fully saturated rings. The monoisotopic (exact) mass is 314 g/mol. The van der Waals surface area contributed by atoms with Gasteiger partial charge < -0.3 is 9.67 Å². The quantitative estimate of drug-likeness (QED) is 0.801. The summed E-state index contributed by atoms with van der Waals surface area (Å²) in [5.41, 5.74) is 0.645. The Morgan fingerprint density at radius 2 is 2.10 bits per heavy atom. The molecule has 0 saturated heterocycles. The van der Waals surface area contributed by atoms with Crippen LogP contribution in [0.25, 0.3) is 0 Å². The minimum Gasteiger partial charge on any atom is -0.390 e. The molecule has 6 heteroatoms. The highest BCUT2D eigenvalue weighted by Crippen LogP contribution is 2.32. The van der Waals surface area contributed by atoms with Gasteiger partial charge in [0.2, 0.25) is 10.0 Å². The van der Waals surface area contributed by atoms with E-state index < -0.39 is 10.0 Å². The van der Waals surface area contributed by atoms with Gasteiger partial charge in [-0.1, -0.05) is 6.92 Å². The Labute approximate surface area is 127 Å². The molecule has 0 amide bonds. The highest BCUT2D eigenvalue weighted by molar-refractivity contribution is 7.89. The van der Waals surface area contributed by atoms with Gasteiger partial charge >= 0.3 is 0 Å². The van der Waals surface area contributed by atoms with Gasteiger partial charge in [0, 0.05) is 31.0 Å². The van der Waals surface area contributed by atoms with Gasteiger partial charge in [-0.15, -0.1) is 0 Å². The molecule has 120 valence electrons. The van der Waals surface area contributed by atoms with Crippen molar-refractivity contribution in [1.82, 2.24) is 8.87 Å². The molecule has 1 saturated carbocycles. The summed E-state index contributed by atoms with van der Waals surface area (Å²) in [6.07, 6.45) is 4.72. The van der Waals surface area contributed by atoms with E-state index >= 15 is 0 Å². The molecule has 0 unspecified atom stereocenters. The first kappa shape index (κ1) is 16.5. The Kier molecular flexibility index (Phi) is 5.11. The van der Waals surface area contributed by atoms with Crippen molar-refractivity contribution in [1.29, 1.82) is 0 Å². The third-order valence-corrected chi connectivity index (χ3v) is 5.73. The average molecular weight is 314 g/mol. The average Bonchev–Trinajstić information content (AvgIpc) is 3.12. The van der Waals surface area contributed by atoms with E-state index in [-0.39, 0.29) is 12.6 Å². The van der Waals surface area contributed by atoms with Crippen LogP contribution in [0.3, 0.4) is 0 Å². The first-order chi connectivity index (χ1) is 9.90. The molecule has 21 heavy (non-hydrogen) atoms. The molecular formula is C15H26N2O3S. The van der Waals surface area contributed by atoms with Gasteiger partial charge in [0.25, 0.3) is 0 Å². The SMILES string of the molecule is CCCN(CC1CC1)S(=O)(=O)c1cc(CO)n(C(C)C)c1. The second kappa shape index (κ2) is 6.50. The summed E-state index contributed by atoms with van der Waals surface area (Å²) >= 11 is 0. The van der Waals surface area contributed by atoms with Crippen molar-refractivity contribution >= 4 is 10.0 Å². The number of aromatic nitrogens is 1. The fourth-order valence-electron chi connectivity index (χ4n) is 2.54. The molecule has 0 radical (unpaired) electrons. The number of rotatable bonds is 8. The normalized spacial score (nSPS) is 16.1. The zero-order valence-electron chi connectivity index (χ0n) is 13.1. The fourth-order valence-corrected chi connectivity index (χ4v) is 4.20. The Morgan fingerprint density at radius 1 is 1.43 bits per heavy atom. The molecule has 2 rings (SSSR count). The lowest BCUT2D eigenvalue weighted by atomic mass is 10.3. The number of sulfonamides is 1.